The van der Waals surface area contributed by atoms with Gasteiger partial charge in [-0.1, -0.05) is 27.7 Å². The number of hydrogen-bond acceptors (Lipinski definition) is 2. The Morgan fingerprint density at radius 1 is 1.15 bits per heavy atom. The first kappa shape index (κ1) is 12.4. The summed E-state index contributed by atoms with van der Waals surface area (Å²) in [5, 5.41) is 12.2. The Morgan fingerprint density at radius 2 is 1.62 bits per heavy atom. The smallest absolute Gasteiger partial charge is 0.308 e. The zero-order valence-electron chi connectivity index (χ0n) is 9.16. The monoisotopic (exact) mass is 187 g/mol. The molecule has 0 rings (SSSR count). The molecule has 0 heterocycles. The number of carboxylic acids is 1. The van der Waals surface area contributed by atoms with E-state index in [0.29, 0.717) is 6.04 Å². The zero-order chi connectivity index (χ0) is 10.6. The van der Waals surface area contributed by atoms with Gasteiger partial charge in [0, 0.05) is 12.1 Å². The Balaban J connectivity index is 4.28. The predicted octanol–water partition coefficient (Wildman–Crippen LogP) is 1.73. The van der Waals surface area contributed by atoms with Crippen LogP contribution in [0, 0.1) is 11.8 Å². The lowest BCUT2D eigenvalue weighted by Gasteiger charge is -2.26. The van der Waals surface area contributed by atoms with Gasteiger partial charge in [-0.25, -0.2) is 0 Å². The average molecular weight is 187 g/mol. The zero-order valence-corrected chi connectivity index (χ0v) is 9.16. The highest BCUT2D eigenvalue weighted by molar-refractivity contribution is 5.71. The van der Waals surface area contributed by atoms with Gasteiger partial charge in [-0.2, -0.15) is 0 Å². The van der Waals surface area contributed by atoms with Gasteiger partial charge in [0.15, 0.2) is 0 Å². The minimum absolute atomic E-state index is 0.0255. The molecule has 0 aliphatic heterocycles. The van der Waals surface area contributed by atoms with Crippen molar-refractivity contribution in [1.82, 2.24) is 5.32 Å². The molecule has 0 aromatic carbocycles. The van der Waals surface area contributed by atoms with Crippen LogP contribution in [0.1, 0.15) is 34.6 Å². The summed E-state index contributed by atoms with van der Waals surface area (Å²) in [6.45, 7) is 9.86. The number of rotatable bonds is 5. The van der Waals surface area contributed by atoms with Crippen LogP contribution in [0.4, 0.5) is 0 Å². The molecule has 0 aliphatic carbocycles. The molecule has 0 fully saturated rings. The third kappa shape index (κ3) is 4.27. The maximum Gasteiger partial charge on any atom is 0.308 e. The van der Waals surface area contributed by atoms with Crippen LogP contribution in [-0.4, -0.2) is 23.2 Å². The van der Waals surface area contributed by atoms with Crippen molar-refractivity contribution >= 4 is 5.97 Å². The fourth-order valence-electron chi connectivity index (χ4n) is 1.71. The summed E-state index contributed by atoms with van der Waals surface area (Å²) in [4.78, 5) is 10.9. The lowest BCUT2D eigenvalue weighted by atomic mass is 9.89. The largest absolute Gasteiger partial charge is 0.481 e. The fraction of sp³-hybridized carbons (Fsp3) is 0.900. The van der Waals surface area contributed by atoms with Crippen molar-refractivity contribution in [3.63, 3.8) is 0 Å². The van der Waals surface area contributed by atoms with E-state index in [1.165, 1.54) is 0 Å². The van der Waals surface area contributed by atoms with Crippen LogP contribution in [0.25, 0.3) is 0 Å². The number of carbonyl (C=O) groups is 1. The van der Waals surface area contributed by atoms with Crippen LogP contribution >= 0.6 is 0 Å². The summed E-state index contributed by atoms with van der Waals surface area (Å²) in [5.41, 5.74) is 0. The van der Waals surface area contributed by atoms with Gasteiger partial charge in [-0.15, -0.1) is 0 Å². The molecule has 0 saturated heterocycles. The molecule has 3 heteroatoms. The van der Waals surface area contributed by atoms with Crippen LogP contribution in [0.5, 0.6) is 0 Å². The molecule has 2 atom stereocenters. The number of nitrogens with one attached hydrogen (secondary N) is 1. The topological polar surface area (TPSA) is 49.3 Å². The SMILES string of the molecule is CC(C)NC(C)C(C(=O)O)C(C)C. The number of aliphatic carboxylic acids is 1. The van der Waals surface area contributed by atoms with E-state index in [0.717, 1.165) is 0 Å². The molecule has 0 aromatic rings. The minimum Gasteiger partial charge on any atom is -0.481 e. The van der Waals surface area contributed by atoms with E-state index in [2.05, 4.69) is 5.32 Å². The van der Waals surface area contributed by atoms with Crippen molar-refractivity contribution in [2.45, 2.75) is 46.7 Å². The molecule has 0 spiro atoms. The van der Waals surface area contributed by atoms with E-state index in [-0.39, 0.29) is 17.9 Å². The van der Waals surface area contributed by atoms with Crippen LogP contribution in [0.3, 0.4) is 0 Å². The summed E-state index contributed by atoms with van der Waals surface area (Å²) >= 11 is 0. The first-order valence-corrected chi connectivity index (χ1v) is 4.85. The van der Waals surface area contributed by atoms with E-state index in [1.54, 1.807) is 0 Å². The van der Waals surface area contributed by atoms with E-state index in [9.17, 15) is 4.79 Å². The molecule has 0 aliphatic rings. The summed E-state index contributed by atoms with van der Waals surface area (Å²) in [5.74, 6) is -0.850. The number of hydrogen-bond donors (Lipinski definition) is 2. The van der Waals surface area contributed by atoms with E-state index in [4.69, 9.17) is 5.11 Å². The summed E-state index contributed by atoms with van der Waals surface area (Å²) in [6.07, 6.45) is 0. The second-order valence-electron chi connectivity index (χ2n) is 4.22. The molecule has 0 aromatic heterocycles. The number of carboxylic acid groups (broad SMARTS) is 1. The summed E-state index contributed by atoms with van der Waals surface area (Å²) in [6, 6.07) is 0.355. The normalized spacial score (nSPS) is 16.2. The Labute approximate surface area is 80.5 Å². The van der Waals surface area contributed by atoms with Gasteiger partial charge >= 0.3 is 5.97 Å². The highest BCUT2D eigenvalue weighted by atomic mass is 16.4. The lowest BCUT2D eigenvalue weighted by Crippen LogP contribution is -2.43. The van der Waals surface area contributed by atoms with Gasteiger partial charge in [0.2, 0.25) is 0 Å². The highest BCUT2D eigenvalue weighted by Gasteiger charge is 2.27. The van der Waals surface area contributed by atoms with Gasteiger partial charge in [0.05, 0.1) is 5.92 Å². The van der Waals surface area contributed by atoms with Crippen LogP contribution < -0.4 is 5.32 Å². The van der Waals surface area contributed by atoms with Gasteiger partial charge in [-0.3, -0.25) is 4.79 Å². The Bertz CT molecular complexity index is 166. The standard InChI is InChI=1S/C10H21NO2/c1-6(2)9(10(12)13)8(5)11-7(3)4/h6-9,11H,1-5H3,(H,12,13). The summed E-state index contributed by atoms with van der Waals surface area (Å²) < 4.78 is 0. The van der Waals surface area contributed by atoms with Crippen molar-refractivity contribution < 1.29 is 9.90 Å². The molecular formula is C10H21NO2. The third-order valence-corrected chi connectivity index (χ3v) is 2.14. The van der Waals surface area contributed by atoms with Crippen LogP contribution in [-0.2, 0) is 4.79 Å². The van der Waals surface area contributed by atoms with Gasteiger partial charge in [0.25, 0.3) is 0 Å². The first-order valence-electron chi connectivity index (χ1n) is 4.85. The molecular weight excluding hydrogens is 166 g/mol. The minimum atomic E-state index is -0.712. The Morgan fingerprint density at radius 3 is 1.85 bits per heavy atom. The van der Waals surface area contributed by atoms with Crippen molar-refractivity contribution in [2.24, 2.45) is 11.8 Å². The van der Waals surface area contributed by atoms with Gasteiger partial charge in [-0.05, 0) is 12.8 Å². The van der Waals surface area contributed by atoms with E-state index >= 15 is 0 Å². The first-order chi connectivity index (χ1) is 5.86. The molecule has 0 saturated carbocycles. The third-order valence-electron chi connectivity index (χ3n) is 2.14. The quantitative estimate of drug-likeness (QED) is 0.689. The Kier molecular flexibility index (Phi) is 4.99. The maximum atomic E-state index is 10.9. The molecule has 3 nitrogen and oxygen atoms in total. The van der Waals surface area contributed by atoms with E-state index < -0.39 is 5.97 Å². The second-order valence-corrected chi connectivity index (χ2v) is 4.22. The second kappa shape index (κ2) is 5.22. The van der Waals surface area contributed by atoms with Crippen LogP contribution in [0.15, 0.2) is 0 Å². The van der Waals surface area contributed by atoms with E-state index in [1.807, 2.05) is 34.6 Å². The molecule has 2 N–H and O–H groups in total. The van der Waals surface area contributed by atoms with Crippen molar-refractivity contribution in [1.29, 1.82) is 0 Å². The fourth-order valence-corrected chi connectivity index (χ4v) is 1.71. The highest BCUT2D eigenvalue weighted by Crippen LogP contribution is 2.15. The molecule has 0 bridgehead atoms. The predicted molar refractivity (Wildman–Crippen MR) is 53.7 cm³/mol. The molecule has 0 radical (unpaired) electrons. The van der Waals surface area contributed by atoms with Crippen molar-refractivity contribution in [3.05, 3.63) is 0 Å². The van der Waals surface area contributed by atoms with Gasteiger partial charge in [0.1, 0.15) is 0 Å². The van der Waals surface area contributed by atoms with Gasteiger partial charge < -0.3 is 10.4 Å². The molecule has 0 amide bonds. The Hall–Kier alpha value is -0.570. The molecule has 13 heavy (non-hydrogen) atoms. The van der Waals surface area contributed by atoms with Crippen molar-refractivity contribution in [3.8, 4) is 0 Å². The van der Waals surface area contributed by atoms with Crippen LogP contribution in [0.2, 0.25) is 0 Å². The lowest BCUT2D eigenvalue weighted by molar-refractivity contribution is -0.144. The van der Waals surface area contributed by atoms with Crippen molar-refractivity contribution in [2.75, 3.05) is 0 Å². The average Bonchev–Trinajstić information content (AvgIpc) is 1.81. The molecule has 78 valence electrons. The maximum absolute atomic E-state index is 10.9. The summed E-state index contributed by atoms with van der Waals surface area (Å²) in [7, 11) is 0. The molecule has 2 unspecified atom stereocenters.